The highest BCUT2D eigenvalue weighted by Gasteiger charge is 2.51. The van der Waals surface area contributed by atoms with E-state index in [1.54, 1.807) is 13.2 Å². The maximum Gasteiger partial charge on any atom is 0.165 e. The molecule has 4 unspecified atom stereocenters. The number of methoxy groups -OCH3 is 1. The number of allylic oxidation sites excluding steroid dienone is 1. The summed E-state index contributed by atoms with van der Waals surface area (Å²) < 4.78 is 19.2. The van der Waals surface area contributed by atoms with Crippen LogP contribution in [0.5, 0.6) is 5.75 Å². The number of hydrogen-bond donors (Lipinski definition) is 0. The number of fused-ring (bicyclic) bond motifs is 5. The Labute approximate surface area is 132 Å². The van der Waals surface area contributed by atoms with E-state index < -0.39 is 0 Å². The quantitative estimate of drug-likeness (QED) is 0.644. The number of ether oxygens (including phenoxy) is 1. The van der Waals surface area contributed by atoms with Gasteiger partial charge in [-0.3, -0.25) is 0 Å². The van der Waals surface area contributed by atoms with Crippen LogP contribution in [0.15, 0.2) is 24.3 Å². The second-order valence-corrected chi connectivity index (χ2v) is 7.70. The Balaban J connectivity index is 1.74. The van der Waals surface area contributed by atoms with Crippen molar-refractivity contribution in [1.29, 1.82) is 0 Å². The average Bonchev–Trinajstić information content (AvgIpc) is 2.82. The van der Waals surface area contributed by atoms with Crippen molar-refractivity contribution in [2.24, 2.45) is 17.3 Å². The summed E-state index contributed by atoms with van der Waals surface area (Å²) in [6, 6.07) is 3.69. The Morgan fingerprint density at radius 1 is 1.23 bits per heavy atom. The molecule has 2 fully saturated rings. The number of benzene rings is 1. The molecule has 0 heterocycles. The predicted octanol–water partition coefficient (Wildman–Crippen LogP) is 5.25. The van der Waals surface area contributed by atoms with Crippen molar-refractivity contribution in [2.75, 3.05) is 7.11 Å². The zero-order valence-corrected chi connectivity index (χ0v) is 13.6. The van der Waals surface area contributed by atoms with E-state index in [1.807, 2.05) is 6.07 Å². The molecular formula is C20H25FO. The molecule has 3 aliphatic carbocycles. The Hall–Kier alpha value is -1.31. The molecule has 1 aromatic rings. The number of halogens is 1. The molecule has 0 bridgehead atoms. The molecule has 0 radical (unpaired) electrons. The van der Waals surface area contributed by atoms with Crippen molar-refractivity contribution < 1.29 is 9.13 Å². The molecular weight excluding hydrogens is 275 g/mol. The highest BCUT2D eigenvalue weighted by Crippen LogP contribution is 2.62. The molecule has 4 rings (SSSR count). The normalized spacial score (nSPS) is 36.5. The van der Waals surface area contributed by atoms with Gasteiger partial charge in [-0.15, -0.1) is 0 Å². The van der Waals surface area contributed by atoms with Crippen molar-refractivity contribution in [1.82, 2.24) is 0 Å². The second-order valence-electron chi connectivity index (χ2n) is 7.70. The molecule has 1 aromatic carbocycles. The summed E-state index contributed by atoms with van der Waals surface area (Å²) in [6.45, 7) is 6.80. The van der Waals surface area contributed by atoms with Gasteiger partial charge in [0, 0.05) is 0 Å². The van der Waals surface area contributed by atoms with Gasteiger partial charge in [0.2, 0.25) is 0 Å². The standard InChI is InChI=1S/C20H25FO/c1-12-4-7-17-15-6-5-13-10-18(21)19(22-3)11-16(13)14(15)8-9-20(12,17)2/h10-11,14-15,17H,1,4-9H2,2-3H3. The number of hydrogen-bond acceptors (Lipinski definition) is 1. The fraction of sp³-hybridized carbons (Fsp3) is 0.600. The lowest BCUT2D eigenvalue weighted by Gasteiger charge is -2.49. The summed E-state index contributed by atoms with van der Waals surface area (Å²) in [5.41, 5.74) is 4.38. The van der Waals surface area contributed by atoms with Crippen LogP contribution in [0.1, 0.15) is 56.1 Å². The van der Waals surface area contributed by atoms with Crippen LogP contribution in [-0.4, -0.2) is 7.11 Å². The molecule has 0 aromatic heterocycles. The molecule has 0 aliphatic heterocycles. The minimum atomic E-state index is -0.213. The van der Waals surface area contributed by atoms with Crippen molar-refractivity contribution in [2.45, 2.75) is 51.4 Å². The molecule has 0 N–H and O–H groups in total. The van der Waals surface area contributed by atoms with E-state index >= 15 is 0 Å². The SMILES string of the molecule is C=C1CCC2C3CCc4cc(F)c(OC)cc4C3CCC12C. The van der Waals surface area contributed by atoms with Crippen molar-refractivity contribution >= 4 is 0 Å². The lowest BCUT2D eigenvalue weighted by molar-refractivity contribution is 0.0814. The third-order valence-electron chi connectivity index (χ3n) is 6.95. The second kappa shape index (κ2) is 4.84. The van der Waals surface area contributed by atoms with Gasteiger partial charge < -0.3 is 4.74 Å². The van der Waals surface area contributed by atoms with Gasteiger partial charge in [0.05, 0.1) is 7.11 Å². The van der Waals surface area contributed by atoms with E-state index in [0.717, 1.165) is 18.3 Å². The molecule has 118 valence electrons. The maximum absolute atomic E-state index is 14.0. The van der Waals surface area contributed by atoms with Gasteiger partial charge in [-0.25, -0.2) is 4.39 Å². The molecule has 22 heavy (non-hydrogen) atoms. The van der Waals surface area contributed by atoms with Crippen LogP contribution in [0.2, 0.25) is 0 Å². The van der Waals surface area contributed by atoms with Crippen LogP contribution < -0.4 is 4.74 Å². The van der Waals surface area contributed by atoms with Crippen LogP contribution in [0.3, 0.4) is 0 Å². The Morgan fingerprint density at radius 3 is 2.82 bits per heavy atom. The summed E-state index contributed by atoms with van der Waals surface area (Å²) in [5.74, 6) is 2.28. The van der Waals surface area contributed by atoms with E-state index in [0.29, 0.717) is 17.1 Å². The molecule has 0 spiro atoms. The molecule has 1 nitrogen and oxygen atoms in total. The highest BCUT2D eigenvalue weighted by molar-refractivity contribution is 5.42. The van der Waals surface area contributed by atoms with Gasteiger partial charge in [0.1, 0.15) is 0 Å². The average molecular weight is 300 g/mol. The van der Waals surface area contributed by atoms with Crippen LogP contribution >= 0.6 is 0 Å². The first-order chi connectivity index (χ1) is 10.5. The molecule has 0 amide bonds. The highest BCUT2D eigenvalue weighted by atomic mass is 19.1. The monoisotopic (exact) mass is 300 g/mol. The lowest BCUT2D eigenvalue weighted by Crippen LogP contribution is -2.40. The molecule has 3 aliphatic rings. The van der Waals surface area contributed by atoms with Crippen molar-refractivity contribution in [3.63, 3.8) is 0 Å². The van der Waals surface area contributed by atoms with Crippen molar-refractivity contribution in [3.8, 4) is 5.75 Å². The summed E-state index contributed by atoms with van der Waals surface area (Å²) in [6.07, 6.45) is 7.15. The minimum absolute atomic E-state index is 0.213. The van der Waals surface area contributed by atoms with Gasteiger partial charge in [-0.05, 0) is 85.0 Å². The largest absolute Gasteiger partial charge is 0.494 e. The zero-order valence-electron chi connectivity index (χ0n) is 13.6. The number of aryl methyl sites for hydroxylation is 1. The molecule has 2 saturated carbocycles. The molecule has 0 saturated heterocycles. The Kier molecular flexibility index (Phi) is 3.15. The molecule has 2 heteroatoms. The van der Waals surface area contributed by atoms with Crippen LogP contribution in [-0.2, 0) is 6.42 Å². The summed E-state index contributed by atoms with van der Waals surface area (Å²) in [7, 11) is 1.56. The maximum atomic E-state index is 14.0. The summed E-state index contributed by atoms with van der Waals surface area (Å²) in [5, 5.41) is 0. The topological polar surface area (TPSA) is 9.23 Å². The summed E-state index contributed by atoms with van der Waals surface area (Å²) in [4.78, 5) is 0. The van der Waals surface area contributed by atoms with E-state index in [9.17, 15) is 4.39 Å². The fourth-order valence-corrected chi connectivity index (χ4v) is 5.63. The first-order valence-electron chi connectivity index (χ1n) is 8.59. The fourth-order valence-electron chi connectivity index (χ4n) is 5.63. The van der Waals surface area contributed by atoms with Gasteiger partial charge in [-0.2, -0.15) is 0 Å². The first kappa shape index (κ1) is 14.3. The van der Waals surface area contributed by atoms with Crippen LogP contribution in [0.4, 0.5) is 4.39 Å². The van der Waals surface area contributed by atoms with Crippen molar-refractivity contribution in [3.05, 3.63) is 41.2 Å². The van der Waals surface area contributed by atoms with Gasteiger partial charge in [0.25, 0.3) is 0 Å². The third kappa shape index (κ3) is 1.82. The van der Waals surface area contributed by atoms with E-state index in [-0.39, 0.29) is 5.82 Å². The minimum Gasteiger partial charge on any atom is -0.494 e. The van der Waals surface area contributed by atoms with E-state index in [4.69, 9.17) is 4.74 Å². The van der Waals surface area contributed by atoms with E-state index in [2.05, 4.69) is 13.5 Å². The Bertz CT molecular complexity index is 635. The molecule has 4 atom stereocenters. The van der Waals surface area contributed by atoms with Gasteiger partial charge in [-0.1, -0.05) is 19.1 Å². The Morgan fingerprint density at radius 2 is 2.05 bits per heavy atom. The predicted molar refractivity (Wildman–Crippen MR) is 86.7 cm³/mol. The number of rotatable bonds is 1. The van der Waals surface area contributed by atoms with Crippen LogP contribution in [0, 0.1) is 23.1 Å². The van der Waals surface area contributed by atoms with Gasteiger partial charge in [0.15, 0.2) is 11.6 Å². The van der Waals surface area contributed by atoms with E-state index in [1.165, 1.54) is 48.8 Å². The third-order valence-corrected chi connectivity index (χ3v) is 6.95. The summed E-state index contributed by atoms with van der Waals surface area (Å²) >= 11 is 0. The van der Waals surface area contributed by atoms with Gasteiger partial charge >= 0.3 is 0 Å². The zero-order chi connectivity index (χ0) is 15.5. The smallest absolute Gasteiger partial charge is 0.165 e. The first-order valence-corrected chi connectivity index (χ1v) is 8.59. The van der Waals surface area contributed by atoms with Crippen LogP contribution in [0.25, 0.3) is 0 Å². The lowest BCUT2D eigenvalue weighted by atomic mass is 9.55.